The quantitative estimate of drug-likeness (QED) is 0.876. The largest absolute Gasteiger partial charge is 0.320 e. The van der Waals surface area contributed by atoms with Crippen LogP contribution in [0, 0.1) is 5.82 Å². The lowest BCUT2D eigenvalue weighted by Crippen LogP contribution is -2.12. The third-order valence-corrected chi connectivity index (χ3v) is 3.47. The Kier molecular flexibility index (Phi) is 4.56. The van der Waals surface area contributed by atoms with Crippen LogP contribution >= 0.6 is 11.6 Å². The average molecular weight is 278 g/mol. The SMILES string of the molecule is CCCc1ccc(C(N)c2ccc(F)c(Cl)c2)cc1. The van der Waals surface area contributed by atoms with E-state index in [-0.39, 0.29) is 11.1 Å². The molecule has 0 heterocycles. The van der Waals surface area contributed by atoms with Crippen LogP contribution in [0.1, 0.15) is 36.1 Å². The normalized spacial score (nSPS) is 12.4. The smallest absolute Gasteiger partial charge is 0.141 e. The maximum atomic E-state index is 13.1. The van der Waals surface area contributed by atoms with E-state index < -0.39 is 5.82 Å². The maximum Gasteiger partial charge on any atom is 0.141 e. The standard InChI is InChI=1S/C16H17ClFN/c1-2-3-11-4-6-12(7-5-11)16(19)13-8-9-15(18)14(17)10-13/h4-10,16H,2-3,19H2,1H3. The van der Waals surface area contributed by atoms with Gasteiger partial charge in [-0.05, 0) is 35.2 Å². The Balaban J connectivity index is 2.22. The van der Waals surface area contributed by atoms with Gasteiger partial charge < -0.3 is 5.73 Å². The van der Waals surface area contributed by atoms with Crippen molar-refractivity contribution in [2.24, 2.45) is 5.73 Å². The first-order chi connectivity index (χ1) is 9.11. The van der Waals surface area contributed by atoms with Gasteiger partial charge in [-0.3, -0.25) is 0 Å². The van der Waals surface area contributed by atoms with E-state index in [0.29, 0.717) is 0 Å². The topological polar surface area (TPSA) is 26.0 Å². The molecule has 1 unspecified atom stereocenters. The van der Waals surface area contributed by atoms with E-state index in [1.165, 1.54) is 11.6 Å². The molecule has 0 saturated carbocycles. The Morgan fingerprint density at radius 3 is 2.32 bits per heavy atom. The van der Waals surface area contributed by atoms with Gasteiger partial charge in [0.05, 0.1) is 11.1 Å². The monoisotopic (exact) mass is 277 g/mol. The van der Waals surface area contributed by atoms with Crippen LogP contribution < -0.4 is 5.73 Å². The van der Waals surface area contributed by atoms with Gasteiger partial charge in [-0.1, -0.05) is 55.3 Å². The predicted octanol–water partition coefficient (Wildman–Crippen LogP) is 4.48. The summed E-state index contributed by atoms with van der Waals surface area (Å²) in [6, 6.07) is 12.5. The molecule has 0 aliphatic rings. The molecule has 0 aromatic heterocycles. The third-order valence-electron chi connectivity index (χ3n) is 3.18. The highest BCUT2D eigenvalue weighted by Crippen LogP contribution is 2.24. The predicted molar refractivity (Wildman–Crippen MR) is 77.9 cm³/mol. The molecule has 0 aliphatic carbocycles. The highest BCUT2D eigenvalue weighted by Gasteiger charge is 2.11. The molecule has 100 valence electrons. The van der Waals surface area contributed by atoms with Gasteiger partial charge >= 0.3 is 0 Å². The van der Waals surface area contributed by atoms with Crippen LogP contribution in [0.4, 0.5) is 4.39 Å². The summed E-state index contributed by atoms with van der Waals surface area (Å²) in [5.74, 6) is -0.420. The highest BCUT2D eigenvalue weighted by molar-refractivity contribution is 6.30. The molecule has 2 N–H and O–H groups in total. The molecule has 1 atom stereocenters. The second kappa shape index (κ2) is 6.18. The van der Waals surface area contributed by atoms with E-state index in [4.69, 9.17) is 17.3 Å². The zero-order valence-electron chi connectivity index (χ0n) is 10.9. The summed E-state index contributed by atoms with van der Waals surface area (Å²) in [6.07, 6.45) is 2.19. The number of nitrogens with two attached hydrogens (primary N) is 1. The molecule has 2 rings (SSSR count). The molecule has 2 aromatic rings. The Hall–Kier alpha value is -1.38. The summed E-state index contributed by atoms with van der Waals surface area (Å²) in [4.78, 5) is 0. The number of hydrogen-bond acceptors (Lipinski definition) is 1. The van der Waals surface area contributed by atoms with Crippen molar-refractivity contribution < 1.29 is 4.39 Å². The minimum absolute atomic E-state index is 0.107. The Morgan fingerprint density at radius 2 is 1.74 bits per heavy atom. The van der Waals surface area contributed by atoms with Gasteiger partial charge in [-0.25, -0.2) is 4.39 Å². The van der Waals surface area contributed by atoms with Crippen LogP contribution in [0.25, 0.3) is 0 Å². The van der Waals surface area contributed by atoms with Crippen molar-refractivity contribution in [2.75, 3.05) is 0 Å². The lowest BCUT2D eigenvalue weighted by molar-refractivity contribution is 0.627. The highest BCUT2D eigenvalue weighted by atomic mass is 35.5. The lowest BCUT2D eigenvalue weighted by atomic mass is 9.98. The minimum Gasteiger partial charge on any atom is -0.320 e. The summed E-state index contributed by atoms with van der Waals surface area (Å²) >= 11 is 5.78. The molecular formula is C16H17ClFN. The van der Waals surface area contributed by atoms with E-state index >= 15 is 0 Å². The van der Waals surface area contributed by atoms with Crippen molar-refractivity contribution in [2.45, 2.75) is 25.8 Å². The third kappa shape index (κ3) is 3.34. The molecule has 0 saturated heterocycles. The van der Waals surface area contributed by atoms with Gasteiger partial charge in [-0.15, -0.1) is 0 Å². The maximum absolute atomic E-state index is 13.1. The van der Waals surface area contributed by atoms with Crippen LogP contribution in [0.15, 0.2) is 42.5 Å². The molecule has 2 aromatic carbocycles. The van der Waals surface area contributed by atoms with E-state index in [1.54, 1.807) is 12.1 Å². The summed E-state index contributed by atoms with van der Waals surface area (Å²) in [5.41, 5.74) is 9.30. The minimum atomic E-state index is -0.420. The number of hydrogen-bond donors (Lipinski definition) is 1. The van der Waals surface area contributed by atoms with Crippen LogP contribution in [-0.2, 0) is 6.42 Å². The fourth-order valence-corrected chi connectivity index (χ4v) is 2.27. The van der Waals surface area contributed by atoms with Crippen LogP contribution in [0.3, 0.4) is 0 Å². The van der Waals surface area contributed by atoms with Gasteiger partial charge in [0.15, 0.2) is 0 Å². The average Bonchev–Trinajstić information content (AvgIpc) is 2.42. The van der Waals surface area contributed by atoms with Crippen molar-refractivity contribution in [1.29, 1.82) is 0 Å². The molecule has 19 heavy (non-hydrogen) atoms. The Labute approximate surface area is 118 Å². The first-order valence-electron chi connectivity index (χ1n) is 6.41. The summed E-state index contributed by atoms with van der Waals surface area (Å²) < 4.78 is 13.1. The number of aryl methyl sites for hydroxylation is 1. The fraction of sp³-hybridized carbons (Fsp3) is 0.250. The van der Waals surface area contributed by atoms with Gasteiger partial charge in [0, 0.05) is 0 Å². The van der Waals surface area contributed by atoms with Gasteiger partial charge in [0.2, 0.25) is 0 Å². The zero-order valence-corrected chi connectivity index (χ0v) is 11.6. The van der Waals surface area contributed by atoms with E-state index in [2.05, 4.69) is 19.1 Å². The number of halogens is 2. The first kappa shape index (κ1) is 14.0. The lowest BCUT2D eigenvalue weighted by Gasteiger charge is -2.13. The van der Waals surface area contributed by atoms with E-state index in [9.17, 15) is 4.39 Å². The number of benzene rings is 2. The van der Waals surface area contributed by atoms with Crippen molar-refractivity contribution in [1.82, 2.24) is 0 Å². The van der Waals surface area contributed by atoms with Gasteiger partial charge in [-0.2, -0.15) is 0 Å². The molecule has 0 aliphatic heterocycles. The molecule has 0 bridgehead atoms. The van der Waals surface area contributed by atoms with Crippen LogP contribution in [0.2, 0.25) is 5.02 Å². The summed E-state index contributed by atoms with van der Waals surface area (Å²) in [7, 11) is 0. The first-order valence-corrected chi connectivity index (χ1v) is 6.79. The van der Waals surface area contributed by atoms with Crippen LogP contribution in [-0.4, -0.2) is 0 Å². The molecule has 1 nitrogen and oxygen atoms in total. The number of rotatable bonds is 4. The van der Waals surface area contributed by atoms with E-state index in [1.807, 2.05) is 12.1 Å². The Bertz CT molecular complexity index is 551. The van der Waals surface area contributed by atoms with Gasteiger partial charge in [0.25, 0.3) is 0 Å². The van der Waals surface area contributed by atoms with Crippen molar-refractivity contribution >= 4 is 11.6 Å². The molecule has 0 spiro atoms. The molecular weight excluding hydrogens is 261 g/mol. The molecule has 3 heteroatoms. The van der Waals surface area contributed by atoms with Crippen molar-refractivity contribution in [3.05, 3.63) is 70.0 Å². The zero-order chi connectivity index (χ0) is 13.8. The van der Waals surface area contributed by atoms with Crippen LogP contribution in [0.5, 0.6) is 0 Å². The summed E-state index contributed by atoms with van der Waals surface area (Å²) in [6.45, 7) is 2.15. The van der Waals surface area contributed by atoms with Crippen molar-refractivity contribution in [3.8, 4) is 0 Å². The second-order valence-electron chi connectivity index (χ2n) is 4.64. The molecule has 0 amide bonds. The Morgan fingerprint density at radius 1 is 1.11 bits per heavy atom. The molecule has 0 fully saturated rings. The fourth-order valence-electron chi connectivity index (χ4n) is 2.08. The second-order valence-corrected chi connectivity index (χ2v) is 5.05. The van der Waals surface area contributed by atoms with E-state index in [0.717, 1.165) is 24.0 Å². The van der Waals surface area contributed by atoms with Crippen molar-refractivity contribution in [3.63, 3.8) is 0 Å². The molecule has 0 radical (unpaired) electrons. The van der Waals surface area contributed by atoms with Gasteiger partial charge in [0.1, 0.15) is 5.82 Å². The summed E-state index contributed by atoms with van der Waals surface area (Å²) in [5, 5.41) is 0.107.